The minimum Gasteiger partial charge on any atom is -0.454 e. The van der Waals surface area contributed by atoms with Crippen LogP contribution in [0, 0.1) is 11.8 Å². The summed E-state index contributed by atoms with van der Waals surface area (Å²) in [6.07, 6.45) is 1.26. The van der Waals surface area contributed by atoms with E-state index in [2.05, 4.69) is 0 Å². The molecule has 2 amide bonds. The van der Waals surface area contributed by atoms with Gasteiger partial charge in [-0.3, -0.25) is 14.4 Å². The van der Waals surface area contributed by atoms with Crippen molar-refractivity contribution in [3.05, 3.63) is 58.0 Å². The average Bonchev–Trinajstić information content (AvgIpc) is 3.40. The fraction of sp³-hybridized carbons (Fsp3) is 0.458. The second-order valence-electron chi connectivity index (χ2n) is 9.30. The van der Waals surface area contributed by atoms with Gasteiger partial charge in [0.1, 0.15) is 0 Å². The van der Waals surface area contributed by atoms with Gasteiger partial charge in [-0.25, -0.2) is 0 Å². The number of likely N-dealkylation sites (tertiary alicyclic amines) is 2. The van der Waals surface area contributed by atoms with E-state index in [-0.39, 0.29) is 48.3 Å². The summed E-state index contributed by atoms with van der Waals surface area (Å²) in [7, 11) is 0. The molecule has 8 nitrogen and oxygen atoms in total. The second-order valence-corrected chi connectivity index (χ2v) is 9.30. The quantitative estimate of drug-likeness (QED) is 0.731. The maximum absolute atomic E-state index is 13.3. The Bertz CT molecular complexity index is 1160. The molecule has 1 aromatic heterocycles. The number of benzene rings is 1. The molecule has 2 aromatic rings. The van der Waals surface area contributed by atoms with Gasteiger partial charge in [0.05, 0.1) is 5.92 Å². The van der Waals surface area contributed by atoms with E-state index in [0.717, 1.165) is 17.7 Å². The number of piperidine rings is 1. The summed E-state index contributed by atoms with van der Waals surface area (Å²) >= 11 is 0. The van der Waals surface area contributed by atoms with Crippen molar-refractivity contribution in [3.8, 4) is 11.5 Å². The topological polar surface area (TPSA) is 81.1 Å². The van der Waals surface area contributed by atoms with Crippen molar-refractivity contribution in [2.24, 2.45) is 11.8 Å². The zero-order chi connectivity index (χ0) is 21.8. The summed E-state index contributed by atoms with van der Waals surface area (Å²) in [6.45, 7) is 3.05. The van der Waals surface area contributed by atoms with Crippen molar-refractivity contribution in [3.63, 3.8) is 0 Å². The number of ether oxygens (including phenoxy) is 2. The van der Waals surface area contributed by atoms with Crippen LogP contribution in [0.4, 0.5) is 0 Å². The highest BCUT2D eigenvalue weighted by Gasteiger charge is 2.41. The molecule has 0 aliphatic carbocycles. The molecule has 5 heterocycles. The third-order valence-electron chi connectivity index (χ3n) is 7.17. The predicted octanol–water partition coefficient (Wildman–Crippen LogP) is 1.57. The lowest BCUT2D eigenvalue weighted by Crippen LogP contribution is -2.50. The lowest BCUT2D eigenvalue weighted by Gasteiger charge is -2.43. The van der Waals surface area contributed by atoms with Crippen LogP contribution in [0.15, 0.2) is 41.2 Å². The Morgan fingerprint density at radius 1 is 1.00 bits per heavy atom. The largest absolute Gasteiger partial charge is 0.454 e. The normalized spacial score (nSPS) is 25.8. The van der Waals surface area contributed by atoms with Gasteiger partial charge in [-0.1, -0.05) is 12.1 Å². The van der Waals surface area contributed by atoms with Gasteiger partial charge in [-0.2, -0.15) is 0 Å². The Balaban J connectivity index is 1.14. The third kappa shape index (κ3) is 3.25. The zero-order valence-corrected chi connectivity index (χ0v) is 17.7. The Labute approximate surface area is 185 Å². The monoisotopic (exact) mass is 435 g/mol. The number of pyridine rings is 1. The van der Waals surface area contributed by atoms with Crippen LogP contribution in [0.2, 0.25) is 0 Å². The van der Waals surface area contributed by atoms with Crippen LogP contribution < -0.4 is 15.0 Å². The molecule has 8 heteroatoms. The first kappa shape index (κ1) is 19.4. The van der Waals surface area contributed by atoms with Crippen molar-refractivity contribution in [1.82, 2.24) is 14.4 Å². The van der Waals surface area contributed by atoms with Crippen molar-refractivity contribution in [2.75, 3.05) is 26.4 Å². The molecule has 4 aliphatic rings. The minimum atomic E-state index is -0.312. The summed E-state index contributed by atoms with van der Waals surface area (Å²) < 4.78 is 12.6. The first-order chi connectivity index (χ1) is 15.5. The van der Waals surface area contributed by atoms with Crippen LogP contribution >= 0.6 is 0 Å². The zero-order valence-electron chi connectivity index (χ0n) is 17.7. The number of nitrogens with zero attached hydrogens (tertiary/aromatic N) is 3. The van der Waals surface area contributed by atoms with Gasteiger partial charge in [-0.05, 0) is 36.1 Å². The number of fused-ring (bicyclic) bond motifs is 5. The molecule has 4 aliphatic heterocycles. The fourth-order valence-electron chi connectivity index (χ4n) is 5.68. The first-order valence-electron chi connectivity index (χ1n) is 11.2. The van der Waals surface area contributed by atoms with E-state index in [4.69, 9.17) is 9.47 Å². The van der Waals surface area contributed by atoms with Gasteiger partial charge >= 0.3 is 0 Å². The highest BCUT2D eigenvalue weighted by atomic mass is 16.7. The first-order valence-corrected chi connectivity index (χ1v) is 11.2. The number of rotatable bonds is 3. The summed E-state index contributed by atoms with van der Waals surface area (Å²) in [5.41, 5.74) is 2.03. The van der Waals surface area contributed by atoms with Crippen molar-refractivity contribution < 1.29 is 19.1 Å². The van der Waals surface area contributed by atoms with E-state index in [1.165, 1.54) is 0 Å². The molecule has 3 atom stereocenters. The molecule has 6 rings (SSSR count). The van der Waals surface area contributed by atoms with E-state index >= 15 is 0 Å². The number of hydrogen-bond donors (Lipinski definition) is 0. The number of carbonyl (C=O) groups is 2. The van der Waals surface area contributed by atoms with Gasteiger partial charge in [0.25, 0.3) is 5.56 Å². The average molecular weight is 435 g/mol. The molecule has 0 N–H and O–H groups in total. The molecule has 2 saturated heterocycles. The maximum atomic E-state index is 13.3. The van der Waals surface area contributed by atoms with Gasteiger partial charge in [0.2, 0.25) is 18.6 Å². The number of carbonyl (C=O) groups excluding carboxylic acids is 2. The highest BCUT2D eigenvalue weighted by Crippen LogP contribution is 2.37. The Morgan fingerprint density at radius 3 is 2.78 bits per heavy atom. The predicted molar refractivity (Wildman–Crippen MR) is 114 cm³/mol. The molecule has 0 unspecified atom stereocenters. The molecule has 0 radical (unpaired) electrons. The van der Waals surface area contributed by atoms with E-state index in [1.807, 2.05) is 33.7 Å². The van der Waals surface area contributed by atoms with Crippen LogP contribution in [-0.4, -0.2) is 52.6 Å². The molecule has 2 bridgehead atoms. The van der Waals surface area contributed by atoms with Crippen LogP contribution in [0.5, 0.6) is 11.5 Å². The van der Waals surface area contributed by atoms with Crippen LogP contribution in [0.1, 0.15) is 30.0 Å². The van der Waals surface area contributed by atoms with Gasteiger partial charge < -0.3 is 23.8 Å². The molecule has 32 heavy (non-hydrogen) atoms. The summed E-state index contributed by atoms with van der Waals surface area (Å²) in [4.78, 5) is 41.9. The molecular formula is C24H25N3O5. The summed E-state index contributed by atoms with van der Waals surface area (Å²) in [6, 6.07) is 11.1. The van der Waals surface area contributed by atoms with Gasteiger partial charge in [0.15, 0.2) is 11.5 Å². The standard InChI is InChI=1S/C24H25N3O5/c28-22-3-1-2-19-17-6-16(11-27(19)22)10-26(12-17)24(30)18-8-23(29)25(13-18)9-15-4-5-20-21(7-15)32-14-31-20/h1-5,7,16-18H,6,8-14H2/t16-,17+,18-/m0/s1. The lowest BCUT2D eigenvalue weighted by molar-refractivity contribution is -0.138. The van der Waals surface area contributed by atoms with Crippen molar-refractivity contribution in [1.29, 1.82) is 0 Å². The lowest BCUT2D eigenvalue weighted by atomic mass is 9.82. The molecule has 0 saturated carbocycles. The Morgan fingerprint density at radius 2 is 1.88 bits per heavy atom. The van der Waals surface area contributed by atoms with E-state index in [9.17, 15) is 14.4 Å². The third-order valence-corrected chi connectivity index (χ3v) is 7.17. The fourth-order valence-corrected chi connectivity index (χ4v) is 5.68. The smallest absolute Gasteiger partial charge is 0.250 e. The molecule has 166 valence electrons. The molecular weight excluding hydrogens is 410 g/mol. The molecule has 2 fully saturated rings. The highest BCUT2D eigenvalue weighted by molar-refractivity contribution is 5.89. The number of amides is 2. The van der Waals surface area contributed by atoms with Gasteiger partial charge in [0, 0.05) is 56.8 Å². The molecule has 1 aromatic carbocycles. The second kappa shape index (κ2) is 7.39. The van der Waals surface area contributed by atoms with E-state index in [1.54, 1.807) is 17.0 Å². The van der Waals surface area contributed by atoms with Crippen LogP contribution in [0.25, 0.3) is 0 Å². The van der Waals surface area contributed by atoms with Gasteiger partial charge in [-0.15, -0.1) is 0 Å². The van der Waals surface area contributed by atoms with Crippen LogP contribution in [0.3, 0.4) is 0 Å². The van der Waals surface area contributed by atoms with E-state index < -0.39 is 0 Å². The Kier molecular flexibility index (Phi) is 4.48. The van der Waals surface area contributed by atoms with Crippen molar-refractivity contribution >= 4 is 11.8 Å². The summed E-state index contributed by atoms with van der Waals surface area (Å²) in [5, 5.41) is 0. The molecule has 0 spiro atoms. The maximum Gasteiger partial charge on any atom is 0.250 e. The SMILES string of the molecule is O=C1C[C@H](C(=O)N2C[C@@H]3C[C@H](C2)c2cccc(=O)n2C3)CN1Cc1ccc2c(c1)OCO2. The van der Waals surface area contributed by atoms with E-state index in [0.29, 0.717) is 44.2 Å². The summed E-state index contributed by atoms with van der Waals surface area (Å²) in [5.74, 6) is 1.64. The number of hydrogen-bond acceptors (Lipinski definition) is 5. The number of aromatic nitrogens is 1. The van der Waals surface area contributed by atoms with Crippen molar-refractivity contribution in [2.45, 2.75) is 31.8 Å². The van der Waals surface area contributed by atoms with Crippen LogP contribution in [-0.2, 0) is 22.7 Å². The Hall–Kier alpha value is -3.29. The minimum absolute atomic E-state index is 0.00937.